The minimum absolute atomic E-state index is 0.106. The molecule has 0 radical (unpaired) electrons. The predicted molar refractivity (Wildman–Crippen MR) is 111 cm³/mol. The van der Waals surface area contributed by atoms with Gasteiger partial charge in [-0.25, -0.2) is 0 Å². The van der Waals surface area contributed by atoms with E-state index < -0.39 is 54.6 Å². The summed E-state index contributed by atoms with van der Waals surface area (Å²) in [6.45, 7) is 4.13. The van der Waals surface area contributed by atoms with Gasteiger partial charge in [-0.15, -0.1) is 0 Å². The molecule has 12 nitrogen and oxygen atoms in total. The van der Waals surface area contributed by atoms with Crippen molar-refractivity contribution in [3.05, 3.63) is 23.8 Å². The summed E-state index contributed by atoms with van der Waals surface area (Å²) in [6, 6.07) is 4.29. The number of hydrogen-bond acceptors (Lipinski definition) is 12. The van der Waals surface area contributed by atoms with Gasteiger partial charge < -0.3 is 33.2 Å². The molecule has 5 atom stereocenters. The Labute approximate surface area is 195 Å². The molecule has 0 aromatic heterocycles. The fraction of sp³-hybridized carbons (Fsp3) is 0.500. The lowest BCUT2D eigenvalue weighted by atomic mass is 9.98. The molecule has 0 amide bonds. The van der Waals surface area contributed by atoms with Gasteiger partial charge in [0.25, 0.3) is 0 Å². The van der Waals surface area contributed by atoms with Crippen molar-refractivity contribution in [1.29, 1.82) is 0 Å². The third-order valence-corrected chi connectivity index (χ3v) is 4.52. The quantitative estimate of drug-likeness (QED) is 0.280. The molecule has 0 N–H and O–H groups in total. The molecule has 1 aromatic rings. The maximum absolute atomic E-state index is 11.9. The zero-order valence-corrected chi connectivity index (χ0v) is 19.3. The monoisotopic (exact) mass is 482 g/mol. The molecule has 0 saturated carbocycles. The first-order chi connectivity index (χ1) is 16.0. The number of methoxy groups -OCH3 is 1. The van der Waals surface area contributed by atoms with Crippen LogP contribution in [0.1, 0.15) is 38.1 Å². The van der Waals surface area contributed by atoms with Gasteiger partial charge in [-0.1, -0.05) is 0 Å². The standard InChI is InChI=1S/C22H26O12/c1-11(24)29-10-18-19(30-12(2)25)20(31-13(3)26)21(32-14(4)27)22(34-18)33-16-7-6-15(9-23)8-17(16)28-5/h6-9,18-22H,10H2,1-5H3. The van der Waals surface area contributed by atoms with Gasteiger partial charge in [0.1, 0.15) is 19.0 Å². The van der Waals surface area contributed by atoms with E-state index in [1.54, 1.807) is 0 Å². The first-order valence-corrected chi connectivity index (χ1v) is 10.2. The van der Waals surface area contributed by atoms with Crippen LogP contribution >= 0.6 is 0 Å². The molecule has 186 valence electrons. The summed E-state index contributed by atoms with van der Waals surface area (Å²) in [7, 11) is 1.35. The van der Waals surface area contributed by atoms with Gasteiger partial charge in [0.05, 0.1) is 7.11 Å². The molecule has 1 heterocycles. The van der Waals surface area contributed by atoms with Crippen molar-refractivity contribution in [2.24, 2.45) is 0 Å². The van der Waals surface area contributed by atoms with Crippen LogP contribution < -0.4 is 9.47 Å². The Morgan fingerprint density at radius 1 is 0.853 bits per heavy atom. The zero-order valence-electron chi connectivity index (χ0n) is 19.3. The van der Waals surface area contributed by atoms with Crippen molar-refractivity contribution in [2.45, 2.75) is 58.4 Å². The van der Waals surface area contributed by atoms with Crippen molar-refractivity contribution in [2.75, 3.05) is 13.7 Å². The van der Waals surface area contributed by atoms with Crippen LogP contribution in [0, 0.1) is 0 Å². The highest BCUT2D eigenvalue weighted by Crippen LogP contribution is 2.34. The molecule has 1 saturated heterocycles. The molecule has 5 unspecified atom stereocenters. The Bertz CT molecular complexity index is 926. The van der Waals surface area contributed by atoms with Crippen LogP contribution in [0.15, 0.2) is 18.2 Å². The maximum atomic E-state index is 11.9. The van der Waals surface area contributed by atoms with Crippen LogP contribution in [0.25, 0.3) is 0 Å². The lowest BCUT2D eigenvalue weighted by Gasteiger charge is -2.44. The van der Waals surface area contributed by atoms with Crippen LogP contribution in [0.3, 0.4) is 0 Å². The molecule has 1 aliphatic heterocycles. The second-order valence-electron chi connectivity index (χ2n) is 7.21. The number of esters is 4. The highest BCUT2D eigenvalue weighted by Gasteiger charge is 2.53. The summed E-state index contributed by atoms with van der Waals surface area (Å²) in [6.07, 6.45) is -6.03. The average Bonchev–Trinajstić information content (AvgIpc) is 2.75. The highest BCUT2D eigenvalue weighted by molar-refractivity contribution is 5.76. The minimum Gasteiger partial charge on any atom is -0.493 e. The number of benzene rings is 1. The van der Waals surface area contributed by atoms with Crippen LogP contribution in [-0.4, -0.2) is 74.6 Å². The lowest BCUT2D eigenvalue weighted by molar-refractivity contribution is -0.288. The first-order valence-electron chi connectivity index (χ1n) is 10.2. The first kappa shape index (κ1) is 26.6. The van der Waals surface area contributed by atoms with E-state index >= 15 is 0 Å². The molecule has 0 bridgehead atoms. The summed E-state index contributed by atoms with van der Waals surface area (Å²) < 4.78 is 38.0. The van der Waals surface area contributed by atoms with E-state index in [0.29, 0.717) is 11.8 Å². The Kier molecular flexibility index (Phi) is 9.36. The number of hydrogen-bond donors (Lipinski definition) is 0. The molecule has 1 aromatic carbocycles. The number of aldehydes is 1. The smallest absolute Gasteiger partial charge is 0.303 e. The fourth-order valence-corrected chi connectivity index (χ4v) is 3.26. The van der Waals surface area contributed by atoms with Gasteiger partial charge in [0.15, 0.2) is 23.7 Å². The zero-order chi connectivity index (χ0) is 25.4. The van der Waals surface area contributed by atoms with Crippen molar-refractivity contribution in [1.82, 2.24) is 0 Å². The van der Waals surface area contributed by atoms with Gasteiger partial charge in [-0.05, 0) is 18.2 Å². The maximum Gasteiger partial charge on any atom is 0.303 e. The molecule has 34 heavy (non-hydrogen) atoms. The average molecular weight is 482 g/mol. The summed E-state index contributed by atoms with van der Waals surface area (Å²) in [5, 5.41) is 0. The van der Waals surface area contributed by atoms with E-state index in [0.717, 1.165) is 20.8 Å². The molecule has 0 spiro atoms. The molecule has 1 aliphatic rings. The molecular formula is C22H26O12. The number of rotatable bonds is 9. The predicted octanol–water partition coefficient (Wildman–Crippen LogP) is 0.970. The third kappa shape index (κ3) is 7.17. The summed E-state index contributed by atoms with van der Waals surface area (Å²) in [4.78, 5) is 57.9. The van der Waals surface area contributed by atoms with E-state index in [1.165, 1.54) is 32.2 Å². The van der Waals surface area contributed by atoms with Gasteiger partial charge in [-0.3, -0.25) is 24.0 Å². The largest absolute Gasteiger partial charge is 0.493 e. The summed E-state index contributed by atoms with van der Waals surface area (Å²) in [5.41, 5.74) is 0.311. The Morgan fingerprint density at radius 2 is 1.44 bits per heavy atom. The van der Waals surface area contributed by atoms with E-state index in [9.17, 15) is 24.0 Å². The van der Waals surface area contributed by atoms with Crippen LogP contribution in [0.4, 0.5) is 0 Å². The lowest BCUT2D eigenvalue weighted by Crippen LogP contribution is -2.63. The van der Waals surface area contributed by atoms with Crippen molar-refractivity contribution >= 4 is 30.2 Å². The van der Waals surface area contributed by atoms with E-state index in [1.807, 2.05) is 0 Å². The van der Waals surface area contributed by atoms with Crippen LogP contribution in [-0.2, 0) is 42.9 Å². The van der Waals surface area contributed by atoms with E-state index in [4.69, 9.17) is 33.2 Å². The number of carbonyl (C=O) groups excluding carboxylic acids is 5. The third-order valence-electron chi connectivity index (χ3n) is 4.52. The summed E-state index contributed by atoms with van der Waals surface area (Å²) in [5.74, 6) is -2.64. The molecule has 12 heteroatoms. The van der Waals surface area contributed by atoms with E-state index in [2.05, 4.69) is 0 Å². The summed E-state index contributed by atoms with van der Waals surface area (Å²) >= 11 is 0. The van der Waals surface area contributed by atoms with Crippen LogP contribution in [0.5, 0.6) is 11.5 Å². The molecule has 0 aliphatic carbocycles. The minimum atomic E-state index is -1.42. The van der Waals surface area contributed by atoms with Gasteiger partial charge in [0, 0.05) is 33.3 Å². The molecule has 2 rings (SSSR count). The number of carbonyl (C=O) groups is 5. The second kappa shape index (κ2) is 12.0. The van der Waals surface area contributed by atoms with Gasteiger partial charge in [-0.2, -0.15) is 0 Å². The van der Waals surface area contributed by atoms with Crippen molar-refractivity contribution in [3.63, 3.8) is 0 Å². The van der Waals surface area contributed by atoms with Gasteiger partial charge >= 0.3 is 23.9 Å². The Hall–Kier alpha value is -3.67. The molecular weight excluding hydrogens is 456 g/mol. The Morgan fingerprint density at radius 3 is 1.97 bits per heavy atom. The number of ether oxygens (including phenoxy) is 7. The second-order valence-corrected chi connectivity index (χ2v) is 7.21. The van der Waals surface area contributed by atoms with Crippen molar-refractivity contribution in [3.8, 4) is 11.5 Å². The highest BCUT2D eigenvalue weighted by atomic mass is 16.7. The SMILES string of the molecule is COc1cc(C=O)ccc1OC1OC(COC(C)=O)C(OC(C)=O)C(OC(C)=O)C1OC(C)=O. The van der Waals surface area contributed by atoms with Gasteiger partial charge in [0.2, 0.25) is 12.4 Å². The van der Waals surface area contributed by atoms with E-state index in [-0.39, 0.29) is 18.1 Å². The Balaban J connectivity index is 2.51. The molecule has 1 fully saturated rings. The topological polar surface area (TPSA) is 150 Å². The van der Waals surface area contributed by atoms with Crippen LogP contribution in [0.2, 0.25) is 0 Å². The normalized spacial score (nSPS) is 23.7. The van der Waals surface area contributed by atoms with Crippen molar-refractivity contribution < 1.29 is 57.1 Å². The fourth-order valence-electron chi connectivity index (χ4n) is 3.26.